The molecule has 1 aliphatic carbocycles. The van der Waals surface area contributed by atoms with Gasteiger partial charge >= 0.3 is 0 Å². The standard InChI is InChI=1S/C13H24BrNO/c1-15(13(16)10-6-7-11-14)12-8-4-2-3-5-9-12/h12H,2-11H2,1H3. The van der Waals surface area contributed by atoms with Gasteiger partial charge in [0.05, 0.1) is 0 Å². The summed E-state index contributed by atoms with van der Waals surface area (Å²) >= 11 is 3.40. The number of amides is 1. The highest BCUT2D eigenvalue weighted by Crippen LogP contribution is 2.21. The summed E-state index contributed by atoms with van der Waals surface area (Å²) in [4.78, 5) is 14.0. The minimum absolute atomic E-state index is 0.341. The predicted octanol–water partition coefficient (Wildman–Crippen LogP) is 3.73. The van der Waals surface area contributed by atoms with Crippen LogP contribution < -0.4 is 0 Å². The molecular formula is C13H24BrNO. The molecule has 0 aliphatic heterocycles. The summed E-state index contributed by atoms with van der Waals surface area (Å²) in [5.74, 6) is 0.341. The van der Waals surface area contributed by atoms with E-state index in [-0.39, 0.29) is 0 Å². The molecule has 94 valence electrons. The Morgan fingerprint density at radius 1 is 1.19 bits per heavy atom. The molecule has 1 saturated carbocycles. The van der Waals surface area contributed by atoms with E-state index in [1.807, 2.05) is 11.9 Å². The van der Waals surface area contributed by atoms with Gasteiger partial charge in [0, 0.05) is 24.8 Å². The molecule has 1 amide bonds. The Morgan fingerprint density at radius 3 is 2.38 bits per heavy atom. The first-order valence-corrected chi connectivity index (χ1v) is 7.69. The number of unbranched alkanes of at least 4 members (excludes halogenated alkanes) is 1. The van der Waals surface area contributed by atoms with E-state index < -0.39 is 0 Å². The van der Waals surface area contributed by atoms with Crippen LogP contribution in [0.15, 0.2) is 0 Å². The number of nitrogens with zero attached hydrogens (tertiary/aromatic N) is 1. The van der Waals surface area contributed by atoms with Crippen molar-refractivity contribution in [1.29, 1.82) is 0 Å². The summed E-state index contributed by atoms with van der Waals surface area (Å²) in [6.07, 6.45) is 10.5. The lowest BCUT2D eigenvalue weighted by molar-refractivity contribution is -0.132. The largest absolute Gasteiger partial charge is 0.343 e. The van der Waals surface area contributed by atoms with Crippen LogP contribution in [-0.2, 0) is 4.79 Å². The van der Waals surface area contributed by atoms with Gasteiger partial charge in [-0.15, -0.1) is 0 Å². The van der Waals surface area contributed by atoms with Crippen LogP contribution in [-0.4, -0.2) is 29.2 Å². The zero-order valence-electron chi connectivity index (χ0n) is 10.4. The number of rotatable bonds is 5. The average Bonchev–Trinajstić information content (AvgIpc) is 2.56. The molecule has 0 saturated heterocycles. The Labute approximate surface area is 108 Å². The van der Waals surface area contributed by atoms with Crippen molar-refractivity contribution >= 4 is 21.8 Å². The van der Waals surface area contributed by atoms with Gasteiger partial charge in [0.25, 0.3) is 0 Å². The summed E-state index contributed by atoms with van der Waals surface area (Å²) < 4.78 is 0. The third-order valence-corrected chi connectivity index (χ3v) is 4.10. The molecule has 1 fully saturated rings. The van der Waals surface area contributed by atoms with Gasteiger partial charge in [-0.25, -0.2) is 0 Å². The molecule has 0 atom stereocenters. The van der Waals surface area contributed by atoms with Crippen LogP contribution in [0.3, 0.4) is 0 Å². The van der Waals surface area contributed by atoms with E-state index in [2.05, 4.69) is 15.9 Å². The fourth-order valence-corrected chi connectivity index (χ4v) is 2.79. The number of hydrogen-bond acceptors (Lipinski definition) is 1. The SMILES string of the molecule is CN(C(=O)CCCCBr)C1CCCCCC1. The Morgan fingerprint density at radius 2 is 1.81 bits per heavy atom. The topological polar surface area (TPSA) is 20.3 Å². The Hall–Kier alpha value is -0.0500. The van der Waals surface area contributed by atoms with Crippen molar-refractivity contribution < 1.29 is 4.79 Å². The molecule has 3 heteroatoms. The molecule has 0 N–H and O–H groups in total. The summed E-state index contributed by atoms with van der Waals surface area (Å²) in [5.41, 5.74) is 0. The van der Waals surface area contributed by atoms with E-state index in [1.54, 1.807) is 0 Å². The van der Waals surface area contributed by atoms with Crippen LogP contribution in [0.5, 0.6) is 0 Å². The Kier molecular flexibility index (Phi) is 7.10. The molecule has 2 nitrogen and oxygen atoms in total. The summed E-state index contributed by atoms with van der Waals surface area (Å²) in [7, 11) is 1.99. The van der Waals surface area contributed by atoms with Crippen LogP contribution >= 0.6 is 15.9 Å². The monoisotopic (exact) mass is 289 g/mol. The number of carbonyl (C=O) groups is 1. The van der Waals surface area contributed by atoms with Gasteiger partial charge in [-0.3, -0.25) is 4.79 Å². The molecule has 0 aromatic carbocycles. The van der Waals surface area contributed by atoms with Crippen molar-refractivity contribution in [1.82, 2.24) is 4.90 Å². The van der Waals surface area contributed by atoms with Crippen LogP contribution in [0.4, 0.5) is 0 Å². The highest BCUT2D eigenvalue weighted by atomic mass is 79.9. The maximum absolute atomic E-state index is 11.9. The van der Waals surface area contributed by atoms with Gasteiger partial charge in [0.1, 0.15) is 0 Å². The minimum Gasteiger partial charge on any atom is -0.343 e. The first-order chi connectivity index (χ1) is 7.75. The van der Waals surface area contributed by atoms with Gasteiger partial charge in [-0.05, 0) is 25.7 Å². The van der Waals surface area contributed by atoms with Crippen LogP contribution in [0.1, 0.15) is 57.8 Å². The van der Waals surface area contributed by atoms with E-state index >= 15 is 0 Å². The molecule has 0 radical (unpaired) electrons. The van der Waals surface area contributed by atoms with E-state index in [9.17, 15) is 4.79 Å². The lowest BCUT2D eigenvalue weighted by atomic mass is 10.1. The van der Waals surface area contributed by atoms with Crippen molar-refractivity contribution in [3.8, 4) is 0 Å². The van der Waals surface area contributed by atoms with Crippen molar-refractivity contribution in [2.24, 2.45) is 0 Å². The van der Waals surface area contributed by atoms with Crippen molar-refractivity contribution in [3.63, 3.8) is 0 Å². The number of carbonyl (C=O) groups excluding carboxylic acids is 1. The molecule has 0 heterocycles. The zero-order valence-corrected chi connectivity index (χ0v) is 12.0. The molecular weight excluding hydrogens is 266 g/mol. The first-order valence-electron chi connectivity index (χ1n) is 6.57. The highest BCUT2D eigenvalue weighted by molar-refractivity contribution is 9.09. The molecule has 1 rings (SSSR count). The zero-order chi connectivity index (χ0) is 11.8. The second-order valence-corrected chi connectivity index (χ2v) is 5.59. The second-order valence-electron chi connectivity index (χ2n) is 4.80. The second kappa shape index (κ2) is 8.10. The number of alkyl halides is 1. The third-order valence-electron chi connectivity index (χ3n) is 3.54. The molecule has 1 aliphatic rings. The fourth-order valence-electron chi connectivity index (χ4n) is 2.40. The third kappa shape index (κ3) is 4.86. The van der Waals surface area contributed by atoms with E-state index in [4.69, 9.17) is 0 Å². The van der Waals surface area contributed by atoms with Gasteiger partial charge < -0.3 is 4.90 Å². The first kappa shape index (κ1) is 14.0. The van der Waals surface area contributed by atoms with Crippen LogP contribution in [0.2, 0.25) is 0 Å². The van der Waals surface area contributed by atoms with E-state index in [0.29, 0.717) is 11.9 Å². The molecule has 0 aromatic rings. The van der Waals surface area contributed by atoms with Gasteiger partial charge in [-0.1, -0.05) is 41.6 Å². The molecule has 0 bridgehead atoms. The maximum atomic E-state index is 11.9. The lowest BCUT2D eigenvalue weighted by Crippen LogP contribution is -2.36. The maximum Gasteiger partial charge on any atom is 0.222 e. The number of hydrogen-bond donors (Lipinski definition) is 0. The van der Waals surface area contributed by atoms with Gasteiger partial charge in [0.2, 0.25) is 5.91 Å². The molecule has 0 unspecified atom stereocenters. The predicted molar refractivity (Wildman–Crippen MR) is 71.9 cm³/mol. The lowest BCUT2D eigenvalue weighted by Gasteiger charge is -2.27. The highest BCUT2D eigenvalue weighted by Gasteiger charge is 2.20. The van der Waals surface area contributed by atoms with Crippen molar-refractivity contribution in [3.05, 3.63) is 0 Å². The normalized spacial score (nSPS) is 18.1. The van der Waals surface area contributed by atoms with E-state index in [0.717, 1.165) is 24.6 Å². The molecule has 0 aromatic heterocycles. The van der Waals surface area contributed by atoms with Gasteiger partial charge in [-0.2, -0.15) is 0 Å². The fraction of sp³-hybridized carbons (Fsp3) is 0.923. The minimum atomic E-state index is 0.341. The smallest absolute Gasteiger partial charge is 0.222 e. The van der Waals surface area contributed by atoms with Crippen molar-refractivity contribution in [2.75, 3.05) is 12.4 Å². The van der Waals surface area contributed by atoms with Crippen LogP contribution in [0.25, 0.3) is 0 Å². The van der Waals surface area contributed by atoms with Crippen molar-refractivity contribution in [2.45, 2.75) is 63.8 Å². The quantitative estimate of drug-likeness (QED) is 0.429. The van der Waals surface area contributed by atoms with E-state index in [1.165, 1.54) is 38.5 Å². The molecule has 16 heavy (non-hydrogen) atoms. The summed E-state index contributed by atoms with van der Waals surface area (Å²) in [5, 5.41) is 1.01. The Bertz CT molecular complexity index is 200. The molecule has 0 spiro atoms. The number of halogens is 1. The average molecular weight is 290 g/mol. The van der Waals surface area contributed by atoms with Gasteiger partial charge in [0.15, 0.2) is 0 Å². The van der Waals surface area contributed by atoms with Crippen LogP contribution in [0, 0.1) is 0 Å². The Balaban J connectivity index is 2.30. The summed E-state index contributed by atoms with van der Waals surface area (Å²) in [6, 6.07) is 0.513. The summed E-state index contributed by atoms with van der Waals surface area (Å²) in [6.45, 7) is 0.